The topological polar surface area (TPSA) is 42.0 Å². The van der Waals surface area contributed by atoms with Crippen LogP contribution in [0.5, 0.6) is 0 Å². The van der Waals surface area contributed by atoms with E-state index in [1.54, 1.807) is 0 Å². The van der Waals surface area contributed by atoms with Crippen LogP contribution in [0.15, 0.2) is 0 Å². The minimum absolute atomic E-state index is 0.0456. The van der Waals surface area contributed by atoms with Crippen molar-refractivity contribution in [1.82, 2.24) is 9.80 Å². The SMILES string of the molecule is CC(C)OCC12CCC(=O)N1C(CC(C)OCC13CCCCN1CCC3)CC2. The van der Waals surface area contributed by atoms with Gasteiger partial charge in [0.05, 0.1) is 31.0 Å². The van der Waals surface area contributed by atoms with Crippen LogP contribution in [-0.4, -0.2) is 71.3 Å². The highest BCUT2D eigenvalue weighted by Crippen LogP contribution is 2.45. The number of carbonyl (C=O) groups excluding carboxylic acids is 1. The average Bonchev–Trinajstić information content (AvgIpc) is 3.34. The maximum absolute atomic E-state index is 12.7. The Labute approximate surface area is 171 Å². The molecule has 0 spiro atoms. The van der Waals surface area contributed by atoms with Crippen LogP contribution < -0.4 is 0 Å². The Morgan fingerprint density at radius 2 is 1.71 bits per heavy atom. The highest BCUT2D eigenvalue weighted by atomic mass is 16.5. The molecule has 0 aromatic carbocycles. The van der Waals surface area contributed by atoms with Crippen molar-refractivity contribution in [3.8, 4) is 0 Å². The molecule has 4 unspecified atom stereocenters. The van der Waals surface area contributed by atoms with Crippen LogP contribution in [0.4, 0.5) is 0 Å². The van der Waals surface area contributed by atoms with Gasteiger partial charge in [0.2, 0.25) is 5.91 Å². The molecule has 4 rings (SSSR count). The molecule has 4 aliphatic heterocycles. The second-order valence-electron chi connectivity index (χ2n) is 10.2. The number of fused-ring (bicyclic) bond motifs is 2. The van der Waals surface area contributed by atoms with E-state index in [0.29, 0.717) is 30.5 Å². The van der Waals surface area contributed by atoms with E-state index < -0.39 is 0 Å². The van der Waals surface area contributed by atoms with Crippen molar-refractivity contribution in [2.75, 3.05) is 26.3 Å². The Morgan fingerprint density at radius 1 is 0.964 bits per heavy atom. The van der Waals surface area contributed by atoms with Crippen molar-refractivity contribution in [3.63, 3.8) is 0 Å². The van der Waals surface area contributed by atoms with Crippen LogP contribution in [0.25, 0.3) is 0 Å². The second-order valence-corrected chi connectivity index (χ2v) is 10.2. The summed E-state index contributed by atoms with van der Waals surface area (Å²) in [5, 5.41) is 0. The molecule has 0 saturated carbocycles. The van der Waals surface area contributed by atoms with Crippen LogP contribution in [0, 0.1) is 0 Å². The first kappa shape index (κ1) is 20.6. The number of nitrogens with zero attached hydrogens (tertiary/aromatic N) is 2. The lowest BCUT2D eigenvalue weighted by atomic mass is 9.87. The lowest BCUT2D eigenvalue weighted by Crippen LogP contribution is -2.51. The van der Waals surface area contributed by atoms with Gasteiger partial charge in [0, 0.05) is 18.0 Å². The van der Waals surface area contributed by atoms with Gasteiger partial charge < -0.3 is 14.4 Å². The number of hydrogen-bond acceptors (Lipinski definition) is 4. The van der Waals surface area contributed by atoms with Gasteiger partial charge in [0.1, 0.15) is 0 Å². The molecular weight excluding hydrogens is 352 g/mol. The fourth-order valence-corrected chi connectivity index (χ4v) is 6.37. The van der Waals surface area contributed by atoms with Crippen molar-refractivity contribution in [3.05, 3.63) is 0 Å². The van der Waals surface area contributed by atoms with Gasteiger partial charge in [-0.05, 0) is 85.2 Å². The standard InChI is InChI=1S/C23H40N2O3/c1-18(2)27-17-23-11-7-20(25(23)21(26)8-12-23)15-19(3)28-16-22-9-4-5-13-24(22)14-6-10-22/h18-20H,4-17H2,1-3H3. The molecule has 5 nitrogen and oxygen atoms in total. The summed E-state index contributed by atoms with van der Waals surface area (Å²) in [6, 6.07) is 0.323. The molecule has 5 heteroatoms. The zero-order valence-corrected chi connectivity index (χ0v) is 18.3. The molecular formula is C23H40N2O3. The first-order valence-electron chi connectivity index (χ1n) is 11.7. The van der Waals surface area contributed by atoms with Gasteiger partial charge in [-0.15, -0.1) is 0 Å². The zero-order chi connectivity index (χ0) is 19.8. The molecule has 160 valence electrons. The van der Waals surface area contributed by atoms with Gasteiger partial charge >= 0.3 is 0 Å². The lowest BCUT2D eigenvalue weighted by Gasteiger charge is -2.43. The number of hydrogen-bond donors (Lipinski definition) is 0. The van der Waals surface area contributed by atoms with Crippen molar-refractivity contribution < 1.29 is 14.3 Å². The minimum atomic E-state index is -0.0456. The quantitative estimate of drug-likeness (QED) is 0.631. The van der Waals surface area contributed by atoms with Crippen LogP contribution >= 0.6 is 0 Å². The predicted octanol–water partition coefficient (Wildman–Crippen LogP) is 3.75. The summed E-state index contributed by atoms with van der Waals surface area (Å²) in [6.07, 6.45) is 11.8. The normalized spacial score (nSPS) is 36.9. The van der Waals surface area contributed by atoms with Gasteiger partial charge in [0.25, 0.3) is 0 Å². The molecule has 0 aliphatic carbocycles. The summed E-state index contributed by atoms with van der Waals surface area (Å²) >= 11 is 0. The fraction of sp³-hybridized carbons (Fsp3) is 0.957. The molecule has 4 saturated heterocycles. The van der Waals surface area contributed by atoms with Gasteiger partial charge in [-0.25, -0.2) is 0 Å². The molecule has 0 aromatic heterocycles. The molecule has 4 fully saturated rings. The summed E-state index contributed by atoms with van der Waals surface area (Å²) in [6.45, 7) is 10.4. The predicted molar refractivity (Wildman–Crippen MR) is 110 cm³/mol. The fourth-order valence-electron chi connectivity index (χ4n) is 6.37. The van der Waals surface area contributed by atoms with Gasteiger partial charge in [-0.3, -0.25) is 9.69 Å². The van der Waals surface area contributed by atoms with Crippen molar-refractivity contribution in [2.24, 2.45) is 0 Å². The van der Waals surface area contributed by atoms with E-state index in [2.05, 4.69) is 30.6 Å². The van der Waals surface area contributed by atoms with E-state index in [9.17, 15) is 4.79 Å². The van der Waals surface area contributed by atoms with Gasteiger partial charge in [-0.2, -0.15) is 0 Å². The highest BCUT2D eigenvalue weighted by molar-refractivity contribution is 5.80. The van der Waals surface area contributed by atoms with Crippen LogP contribution in [0.1, 0.15) is 85.0 Å². The number of carbonyl (C=O) groups is 1. The van der Waals surface area contributed by atoms with Crippen molar-refractivity contribution >= 4 is 5.91 Å². The molecule has 0 radical (unpaired) electrons. The Balaban J connectivity index is 1.33. The smallest absolute Gasteiger partial charge is 0.223 e. The first-order valence-corrected chi connectivity index (χ1v) is 11.7. The number of rotatable bonds is 8. The third kappa shape index (κ3) is 3.87. The van der Waals surface area contributed by atoms with Crippen LogP contribution in [-0.2, 0) is 14.3 Å². The Bertz CT molecular complexity index is 568. The summed E-state index contributed by atoms with van der Waals surface area (Å²) < 4.78 is 12.4. The van der Waals surface area contributed by atoms with E-state index in [-0.39, 0.29) is 17.7 Å². The van der Waals surface area contributed by atoms with E-state index in [4.69, 9.17) is 9.47 Å². The Kier molecular flexibility index (Phi) is 6.06. The summed E-state index contributed by atoms with van der Waals surface area (Å²) in [4.78, 5) is 17.6. The third-order valence-electron chi connectivity index (χ3n) is 7.88. The molecule has 4 heterocycles. The average molecular weight is 393 g/mol. The van der Waals surface area contributed by atoms with E-state index in [1.165, 1.54) is 45.2 Å². The van der Waals surface area contributed by atoms with Gasteiger partial charge in [0.15, 0.2) is 0 Å². The van der Waals surface area contributed by atoms with E-state index >= 15 is 0 Å². The molecule has 4 atom stereocenters. The largest absolute Gasteiger partial charge is 0.377 e. The zero-order valence-electron chi connectivity index (χ0n) is 18.3. The maximum Gasteiger partial charge on any atom is 0.223 e. The molecule has 0 bridgehead atoms. The van der Waals surface area contributed by atoms with Gasteiger partial charge in [-0.1, -0.05) is 6.42 Å². The van der Waals surface area contributed by atoms with Crippen molar-refractivity contribution in [2.45, 2.75) is 114 Å². The third-order valence-corrected chi connectivity index (χ3v) is 7.88. The first-order chi connectivity index (χ1) is 13.4. The molecule has 28 heavy (non-hydrogen) atoms. The highest BCUT2D eigenvalue weighted by Gasteiger charge is 2.53. The monoisotopic (exact) mass is 392 g/mol. The number of piperidine rings is 1. The number of ether oxygens (including phenoxy) is 2. The van der Waals surface area contributed by atoms with E-state index in [0.717, 1.165) is 32.3 Å². The Hall–Kier alpha value is -0.650. The van der Waals surface area contributed by atoms with Crippen LogP contribution in [0.3, 0.4) is 0 Å². The summed E-state index contributed by atoms with van der Waals surface area (Å²) in [7, 11) is 0. The van der Waals surface area contributed by atoms with E-state index in [1.807, 2.05) is 0 Å². The maximum atomic E-state index is 12.7. The molecule has 0 aromatic rings. The summed E-state index contributed by atoms with van der Waals surface area (Å²) in [5.74, 6) is 0.329. The second kappa shape index (κ2) is 8.23. The summed E-state index contributed by atoms with van der Waals surface area (Å²) in [5.41, 5.74) is 0.260. The molecule has 0 N–H and O–H groups in total. The Morgan fingerprint density at radius 3 is 2.54 bits per heavy atom. The number of amides is 1. The van der Waals surface area contributed by atoms with Crippen LogP contribution in [0.2, 0.25) is 0 Å². The lowest BCUT2D eigenvalue weighted by molar-refractivity contribution is -0.134. The molecule has 4 aliphatic rings. The van der Waals surface area contributed by atoms with Crippen molar-refractivity contribution in [1.29, 1.82) is 0 Å². The minimum Gasteiger partial charge on any atom is -0.377 e. The molecule has 1 amide bonds.